The lowest BCUT2D eigenvalue weighted by molar-refractivity contribution is -0.120. The van der Waals surface area contributed by atoms with Crippen LogP contribution in [0.1, 0.15) is 5.56 Å². The van der Waals surface area contributed by atoms with Gasteiger partial charge in [0.25, 0.3) is 0 Å². The standard InChI is InChI=1S/C12H16N2O2/c1-2-7-14-12(16)9-13-8-10-5-3-4-6-11(10)15/h2-6,13,15H,1,7-9H2,(H,14,16). The molecule has 0 saturated heterocycles. The van der Waals surface area contributed by atoms with Crippen molar-refractivity contribution in [3.63, 3.8) is 0 Å². The number of phenols is 1. The molecule has 0 aliphatic rings. The van der Waals surface area contributed by atoms with Crippen molar-refractivity contribution < 1.29 is 9.90 Å². The summed E-state index contributed by atoms with van der Waals surface area (Å²) in [5, 5.41) is 15.1. The van der Waals surface area contributed by atoms with Gasteiger partial charge in [-0.2, -0.15) is 0 Å². The fourth-order valence-electron chi connectivity index (χ4n) is 1.22. The second-order valence-corrected chi connectivity index (χ2v) is 3.33. The average molecular weight is 220 g/mol. The van der Waals surface area contributed by atoms with Gasteiger partial charge in [0.15, 0.2) is 0 Å². The van der Waals surface area contributed by atoms with Gasteiger partial charge < -0.3 is 15.7 Å². The van der Waals surface area contributed by atoms with Gasteiger partial charge in [-0.25, -0.2) is 0 Å². The van der Waals surface area contributed by atoms with Crippen molar-refractivity contribution in [2.24, 2.45) is 0 Å². The number of phenolic OH excluding ortho intramolecular Hbond substituents is 1. The molecule has 1 aromatic carbocycles. The topological polar surface area (TPSA) is 61.4 Å². The molecule has 0 bridgehead atoms. The first kappa shape index (κ1) is 12.3. The van der Waals surface area contributed by atoms with Crippen molar-refractivity contribution in [1.29, 1.82) is 0 Å². The number of para-hydroxylation sites is 1. The van der Waals surface area contributed by atoms with E-state index in [2.05, 4.69) is 17.2 Å². The molecule has 0 radical (unpaired) electrons. The Hall–Kier alpha value is -1.81. The Bertz CT molecular complexity index is 364. The lowest BCUT2D eigenvalue weighted by Crippen LogP contribution is -2.33. The van der Waals surface area contributed by atoms with Crippen LogP contribution < -0.4 is 10.6 Å². The molecule has 0 aliphatic carbocycles. The first-order chi connectivity index (χ1) is 7.74. The molecule has 16 heavy (non-hydrogen) atoms. The predicted molar refractivity (Wildman–Crippen MR) is 63.0 cm³/mol. The van der Waals surface area contributed by atoms with Gasteiger partial charge in [0.05, 0.1) is 6.54 Å². The van der Waals surface area contributed by atoms with E-state index in [1.807, 2.05) is 12.1 Å². The van der Waals surface area contributed by atoms with Gasteiger partial charge in [-0.3, -0.25) is 4.79 Å². The maximum atomic E-state index is 11.2. The summed E-state index contributed by atoms with van der Waals surface area (Å²) in [5.41, 5.74) is 0.777. The SMILES string of the molecule is C=CCNC(=O)CNCc1ccccc1O. The van der Waals surface area contributed by atoms with Crippen LogP contribution in [0.3, 0.4) is 0 Å². The van der Waals surface area contributed by atoms with Crippen LogP contribution in [0.25, 0.3) is 0 Å². The highest BCUT2D eigenvalue weighted by molar-refractivity contribution is 5.78. The third kappa shape index (κ3) is 4.14. The number of aromatic hydroxyl groups is 1. The molecule has 3 N–H and O–H groups in total. The summed E-state index contributed by atoms with van der Waals surface area (Å²) in [6.45, 7) is 4.66. The first-order valence-corrected chi connectivity index (χ1v) is 5.09. The molecule has 0 spiro atoms. The third-order valence-electron chi connectivity index (χ3n) is 2.04. The number of carbonyl (C=O) groups excluding carboxylic acids is 1. The largest absolute Gasteiger partial charge is 0.508 e. The van der Waals surface area contributed by atoms with Crippen molar-refractivity contribution in [1.82, 2.24) is 10.6 Å². The van der Waals surface area contributed by atoms with Crippen molar-refractivity contribution in [2.75, 3.05) is 13.1 Å². The summed E-state index contributed by atoms with van der Waals surface area (Å²) in [6.07, 6.45) is 1.63. The van der Waals surface area contributed by atoms with Crippen LogP contribution >= 0.6 is 0 Å². The summed E-state index contributed by atoms with van der Waals surface area (Å²) in [6, 6.07) is 7.03. The van der Waals surface area contributed by atoms with Gasteiger partial charge in [-0.15, -0.1) is 6.58 Å². The number of hydrogen-bond donors (Lipinski definition) is 3. The Morgan fingerprint density at radius 1 is 1.44 bits per heavy atom. The minimum absolute atomic E-state index is 0.0877. The molecule has 4 heteroatoms. The minimum Gasteiger partial charge on any atom is -0.508 e. The summed E-state index contributed by atoms with van der Waals surface area (Å²) < 4.78 is 0. The van der Waals surface area contributed by atoms with Gasteiger partial charge in [-0.05, 0) is 6.07 Å². The van der Waals surface area contributed by atoms with E-state index < -0.39 is 0 Å². The van der Waals surface area contributed by atoms with Crippen molar-refractivity contribution in [3.8, 4) is 5.75 Å². The number of amides is 1. The fourth-order valence-corrected chi connectivity index (χ4v) is 1.22. The Balaban J connectivity index is 2.28. The Kier molecular flexibility index (Phi) is 5.08. The van der Waals surface area contributed by atoms with Crippen LogP contribution in [0.5, 0.6) is 5.75 Å². The van der Waals surface area contributed by atoms with Crippen LogP contribution in [0.4, 0.5) is 0 Å². The normalized spacial score (nSPS) is 9.75. The molecule has 4 nitrogen and oxygen atoms in total. The van der Waals surface area contributed by atoms with Gasteiger partial charge >= 0.3 is 0 Å². The van der Waals surface area contributed by atoms with Crippen LogP contribution in [-0.2, 0) is 11.3 Å². The lowest BCUT2D eigenvalue weighted by Gasteiger charge is -2.06. The lowest BCUT2D eigenvalue weighted by atomic mass is 10.2. The van der Waals surface area contributed by atoms with Crippen molar-refractivity contribution in [2.45, 2.75) is 6.54 Å². The van der Waals surface area contributed by atoms with Crippen molar-refractivity contribution >= 4 is 5.91 Å². The zero-order valence-corrected chi connectivity index (χ0v) is 9.07. The highest BCUT2D eigenvalue weighted by atomic mass is 16.3. The maximum Gasteiger partial charge on any atom is 0.234 e. The average Bonchev–Trinajstić information content (AvgIpc) is 2.29. The molecule has 0 saturated carbocycles. The van der Waals surface area contributed by atoms with Crippen LogP contribution in [0.2, 0.25) is 0 Å². The van der Waals surface area contributed by atoms with E-state index >= 15 is 0 Å². The second kappa shape index (κ2) is 6.63. The van der Waals surface area contributed by atoms with E-state index in [0.717, 1.165) is 5.56 Å². The van der Waals surface area contributed by atoms with E-state index in [4.69, 9.17) is 0 Å². The van der Waals surface area contributed by atoms with Gasteiger partial charge in [-0.1, -0.05) is 24.3 Å². The summed E-state index contributed by atoms with van der Waals surface area (Å²) in [5.74, 6) is 0.150. The van der Waals surface area contributed by atoms with E-state index in [1.54, 1.807) is 18.2 Å². The fraction of sp³-hybridized carbons (Fsp3) is 0.250. The van der Waals surface area contributed by atoms with Crippen LogP contribution in [0, 0.1) is 0 Å². The third-order valence-corrected chi connectivity index (χ3v) is 2.04. The number of nitrogens with one attached hydrogen (secondary N) is 2. The summed E-state index contributed by atoms with van der Waals surface area (Å²) in [4.78, 5) is 11.2. The monoisotopic (exact) mass is 220 g/mol. The quantitative estimate of drug-likeness (QED) is 0.621. The second-order valence-electron chi connectivity index (χ2n) is 3.33. The van der Waals surface area contributed by atoms with E-state index in [1.165, 1.54) is 0 Å². The molecule has 0 aromatic heterocycles. The van der Waals surface area contributed by atoms with Gasteiger partial charge in [0, 0.05) is 18.7 Å². The van der Waals surface area contributed by atoms with Crippen LogP contribution in [-0.4, -0.2) is 24.1 Å². The molecule has 1 rings (SSSR count). The number of carbonyl (C=O) groups is 1. The van der Waals surface area contributed by atoms with Gasteiger partial charge in [0.2, 0.25) is 5.91 Å². The number of hydrogen-bond acceptors (Lipinski definition) is 3. The highest BCUT2D eigenvalue weighted by Crippen LogP contribution is 2.14. The zero-order valence-electron chi connectivity index (χ0n) is 9.07. The molecule has 1 aromatic rings. The first-order valence-electron chi connectivity index (χ1n) is 5.09. The summed E-state index contributed by atoms with van der Waals surface area (Å²) >= 11 is 0. The molecule has 0 atom stereocenters. The van der Waals surface area contributed by atoms with E-state index in [0.29, 0.717) is 13.1 Å². The molecule has 0 heterocycles. The molecule has 0 unspecified atom stereocenters. The Morgan fingerprint density at radius 3 is 2.88 bits per heavy atom. The predicted octanol–water partition coefficient (Wildman–Crippen LogP) is 0.784. The molecule has 0 fully saturated rings. The van der Waals surface area contributed by atoms with Gasteiger partial charge in [0.1, 0.15) is 5.75 Å². The summed E-state index contributed by atoms with van der Waals surface area (Å²) in [7, 11) is 0. The zero-order chi connectivity index (χ0) is 11.8. The molecular formula is C12H16N2O2. The number of rotatable bonds is 6. The molecule has 0 aliphatic heterocycles. The number of benzene rings is 1. The highest BCUT2D eigenvalue weighted by Gasteiger charge is 2.01. The Labute approximate surface area is 95.0 Å². The maximum absolute atomic E-state index is 11.2. The Morgan fingerprint density at radius 2 is 2.19 bits per heavy atom. The van der Waals surface area contributed by atoms with Crippen LogP contribution in [0.15, 0.2) is 36.9 Å². The molecule has 86 valence electrons. The van der Waals surface area contributed by atoms with E-state index in [9.17, 15) is 9.90 Å². The molecular weight excluding hydrogens is 204 g/mol. The minimum atomic E-state index is -0.0877. The van der Waals surface area contributed by atoms with E-state index in [-0.39, 0.29) is 18.2 Å². The smallest absolute Gasteiger partial charge is 0.234 e. The van der Waals surface area contributed by atoms with Crippen molar-refractivity contribution in [3.05, 3.63) is 42.5 Å². The molecule has 1 amide bonds.